The number of nitrogens with one attached hydrogen (secondary N) is 1. The highest BCUT2D eigenvalue weighted by molar-refractivity contribution is 5.96. The molecule has 2 N–H and O–H groups in total. The summed E-state index contributed by atoms with van der Waals surface area (Å²) < 4.78 is 8.31. The van der Waals surface area contributed by atoms with Crippen molar-refractivity contribution in [1.82, 2.24) is 24.4 Å². The zero-order valence-electron chi connectivity index (χ0n) is 20.6. The van der Waals surface area contributed by atoms with Crippen LogP contribution in [0.3, 0.4) is 0 Å². The molecule has 1 aliphatic heterocycles. The molecule has 186 valence electrons. The number of aromatic hydroxyl groups is 1. The second-order valence-corrected chi connectivity index (χ2v) is 10.8. The second-order valence-electron chi connectivity index (χ2n) is 10.8. The van der Waals surface area contributed by atoms with Gasteiger partial charge < -0.3 is 20.1 Å². The Morgan fingerprint density at radius 3 is 2.41 bits per heavy atom. The maximum Gasteiger partial charge on any atom is 0.410 e. The van der Waals surface area contributed by atoms with Gasteiger partial charge in [0.1, 0.15) is 11.2 Å². The van der Waals surface area contributed by atoms with Gasteiger partial charge in [-0.15, -0.1) is 0 Å². The van der Waals surface area contributed by atoms with E-state index in [2.05, 4.69) is 10.4 Å². The van der Waals surface area contributed by atoms with Gasteiger partial charge in [0.05, 0.1) is 5.69 Å². The van der Waals surface area contributed by atoms with Crippen molar-refractivity contribution in [1.29, 1.82) is 0 Å². The molecule has 1 saturated carbocycles. The number of carbonyl (C=O) groups is 2. The van der Waals surface area contributed by atoms with Crippen molar-refractivity contribution < 1.29 is 19.4 Å². The average Bonchev–Trinajstić information content (AvgIpc) is 3.43. The van der Waals surface area contributed by atoms with E-state index in [0.29, 0.717) is 38.1 Å². The first-order valence-corrected chi connectivity index (χ1v) is 12.1. The number of rotatable bonds is 5. The van der Waals surface area contributed by atoms with Crippen molar-refractivity contribution in [3.63, 3.8) is 0 Å². The van der Waals surface area contributed by atoms with E-state index < -0.39 is 22.9 Å². The SMILES string of the molecule is CC(C)Cn1c(=O)c(C(=O)NC2CC2)c(O)n2nc(C3CCN(C(=O)OC(C)(C)C)CC3)cc12. The monoisotopic (exact) mass is 473 g/mol. The highest BCUT2D eigenvalue weighted by Crippen LogP contribution is 2.30. The molecule has 0 atom stereocenters. The number of nitrogens with zero attached hydrogens (tertiary/aromatic N) is 4. The Kier molecular flexibility index (Phi) is 6.35. The van der Waals surface area contributed by atoms with Gasteiger partial charge in [0.2, 0.25) is 5.88 Å². The summed E-state index contributed by atoms with van der Waals surface area (Å²) in [5.74, 6) is -0.784. The molecule has 0 spiro atoms. The molecule has 0 radical (unpaired) electrons. The zero-order chi connectivity index (χ0) is 24.8. The van der Waals surface area contributed by atoms with Crippen LogP contribution < -0.4 is 10.9 Å². The maximum atomic E-state index is 13.2. The van der Waals surface area contributed by atoms with E-state index in [1.165, 1.54) is 9.08 Å². The van der Waals surface area contributed by atoms with Crippen molar-refractivity contribution >= 4 is 17.6 Å². The van der Waals surface area contributed by atoms with Gasteiger partial charge in [-0.2, -0.15) is 9.61 Å². The molecule has 0 bridgehead atoms. The van der Waals surface area contributed by atoms with Gasteiger partial charge in [0.25, 0.3) is 11.5 Å². The lowest BCUT2D eigenvalue weighted by molar-refractivity contribution is 0.0204. The number of carbonyl (C=O) groups excluding carboxylic acids is 2. The third-order valence-electron chi connectivity index (χ3n) is 6.12. The zero-order valence-corrected chi connectivity index (χ0v) is 20.6. The molecule has 2 aliphatic rings. The molecule has 1 aliphatic carbocycles. The fraction of sp³-hybridized carbons (Fsp3) is 0.667. The van der Waals surface area contributed by atoms with Gasteiger partial charge in [-0.05, 0) is 52.4 Å². The van der Waals surface area contributed by atoms with Gasteiger partial charge in [-0.3, -0.25) is 14.2 Å². The van der Waals surface area contributed by atoms with Gasteiger partial charge in [0, 0.05) is 37.7 Å². The van der Waals surface area contributed by atoms with Crippen LogP contribution in [0, 0.1) is 5.92 Å². The van der Waals surface area contributed by atoms with Gasteiger partial charge in [-0.1, -0.05) is 13.8 Å². The number of fused-ring (bicyclic) bond motifs is 1. The summed E-state index contributed by atoms with van der Waals surface area (Å²) in [6.45, 7) is 11.0. The van der Waals surface area contributed by atoms with Crippen molar-refractivity contribution in [3.8, 4) is 5.88 Å². The standard InChI is InChI=1S/C24H35N5O5/c1-14(2)13-28-18-12-17(15-8-10-27(11-9-15)23(33)34-24(3,4)5)26-29(18)22(32)19(21(28)31)20(30)25-16-6-7-16/h12,14-16,32H,6-11,13H2,1-5H3,(H,25,30). The molecular formula is C24H35N5O5. The number of likely N-dealkylation sites (tertiary alicyclic amines) is 1. The molecular weight excluding hydrogens is 438 g/mol. The molecule has 0 unspecified atom stereocenters. The number of ether oxygens (including phenoxy) is 1. The predicted octanol–water partition coefficient (Wildman–Crippen LogP) is 2.86. The van der Waals surface area contributed by atoms with Crippen LogP contribution in [0.1, 0.15) is 82.3 Å². The molecule has 2 aromatic rings. The number of hydrogen-bond donors (Lipinski definition) is 2. The Balaban J connectivity index is 1.63. The lowest BCUT2D eigenvalue weighted by Gasteiger charge is -2.32. The lowest BCUT2D eigenvalue weighted by atomic mass is 9.94. The second kappa shape index (κ2) is 8.96. The van der Waals surface area contributed by atoms with Crippen LogP contribution in [0.2, 0.25) is 0 Å². The highest BCUT2D eigenvalue weighted by atomic mass is 16.6. The summed E-state index contributed by atoms with van der Waals surface area (Å²) in [4.78, 5) is 40.1. The predicted molar refractivity (Wildman–Crippen MR) is 126 cm³/mol. The summed E-state index contributed by atoms with van der Waals surface area (Å²) in [6, 6.07) is 1.88. The summed E-state index contributed by atoms with van der Waals surface area (Å²) in [6.07, 6.45) is 2.81. The molecule has 4 rings (SSSR count). The fourth-order valence-corrected chi connectivity index (χ4v) is 4.29. The minimum atomic E-state index is -0.563. The van der Waals surface area contributed by atoms with Crippen molar-refractivity contribution in [2.45, 2.75) is 84.4 Å². The molecule has 2 aromatic heterocycles. The van der Waals surface area contributed by atoms with Crippen LogP contribution in [0.15, 0.2) is 10.9 Å². The quantitative estimate of drug-likeness (QED) is 0.689. The largest absolute Gasteiger partial charge is 0.492 e. The maximum absolute atomic E-state index is 13.2. The van der Waals surface area contributed by atoms with E-state index in [1.54, 1.807) is 4.90 Å². The highest BCUT2D eigenvalue weighted by Gasteiger charge is 2.32. The Labute approximate surface area is 198 Å². The van der Waals surface area contributed by atoms with E-state index in [1.807, 2.05) is 40.7 Å². The Morgan fingerprint density at radius 2 is 1.85 bits per heavy atom. The molecule has 2 amide bonds. The average molecular weight is 474 g/mol. The van der Waals surface area contributed by atoms with E-state index >= 15 is 0 Å². The minimum absolute atomic E-state index is 0.0592. The normalized spacial score (nSPS) is 17.4. The molecule has 3 heterocycles. The summed E-state index contributed by atoms with van der Waals surface area (Å²) in [5.41, 5.74) is -0.131. The smallest absolute Gasteiger partial charge is 0.410 e. The topological polar surface area (TPSA) is 118 Å². The molecule has 34 heavy (non-hydrogen) atoms. The van der Waals surface area contributed by atoms with Gasteiger partial charge >= 0.3 is 6.09 Å². The number of amides is 2. The molecule has 1 saturated heterocycles. The number of hydrogen-bond acceptors (Lipinski definition) is 6. The summed E-state index contributed by atoms with van der Waals surface area (Å²) >= 11 is 0. The van der Waals surface area contributed by atoms with E-state index in [-0.39, 0.29) is 29.5 Å². The number of piperidine rings is 1. The summed E-state index contributed by atoms with van der Waals surface area (Å²) in [7, 11) is 0. The van der Waals surface area contributed by atoms with Crippen LogP contribution in [0.4, 0.5) is 4.79 Å². The van der Waals surface area contributed by atoms with E-state index in [0.717, 1.165) is 18.5 Å². The fourth-order valence-electron chi connectivity index (χ4n) is 4.29. The van der Waals surface area contributed by atoms with Crippen molar-refractivity contribution in [3.05, 3.63) is 27.7 Å². The van der Waals surface area contributed by atoms with Crippen molar-refractivity contribution in [2.24, 2.45) is 5.92 Å². The Morgan fingerprint density at radius 1 is 1.21 bits per heavy atom. The van der Waals surface area contributed by atoms with Gasteiger partial charge in [-0.25, -0.2) is 4.79 Å². The first-order chi connectivity index (χ1) is 15.9. The molecule has 2 fully saturated rings. The summed E-state index contributed by atoms with van der Waals surface area (Å²) in [5, 5.41) is 18.3. The minimum Gasteiger partial charge on any atom is -0.492 e. The van der Waals surface area contributed by atoms with Crippen LogP contribution in [0.25, 0.3) is 5.65 Å². The van der Waals surface area contributed by atoms with Crippen LogP contribution >= 0.6 is 0 Å². The van der Waals surface area contributed by atoms with Crippen molar-refractivity contribution in [2.75, 3.05) is 13.1 Å². The van der Waals surface area contributed by atoms with Crippen LogP contribution in [-0.4, -0.2) is 60.9 Å². The molecule has 10 heteroatoms. The first kappa shape index (κ1) is 24.1. The molecule has 0 aromatic carbocycles. The molecule has 10 nitrogen and oxygen atoms in total. The third kappa shape index (κ3) is 5.05. The Bertz CT molecular complexity index is 1150. The number of aromatic nitrogens is 3. The van der Waals surface area contributed by atoms with E-state index in [9.17, 15) is 19.5 Å². The van der Waals surface area contributed by atoms with Crippen LogP contribution in [-0.2, 0) is 11.3 Å². The lowest BCUT2D eigenvalue weighted by Crippen LogP contribution is -2.41. The Hall–Kier alpha value is -3.04. The van der Waals surface area contributed by atoms with E-state index in [4.69, 9.17) is 4.74 Å². The first-order valence-electron chi connectivity index (χ1n) is 12.1. The van der Waals surface area contributed by atoms with Crippen LogP contribution in [0.5, 0.6) is 5.88 Å². The van der Waals surface area contributed by atoms with Gasteiger partial charge in [0.15, 0.2) is 5.56 Å². The third-order valence-corrected chi connectivity index (χ3v) is 6.12.